The van der Waals surface area contributed by atoms with Crippen LogP contribution in [-0.4, -0.2) is 43.8 Å². The second-order valence-corrected chi connectivity index (χ2v) is 13.6. The minimum atomic E-state index is -4.13. The molecule has 2 amide bonds. The average Bonchev–Trinajstić information content (AvgIpc) is 3.03. The molecule has 1 N–H and O–H groups in total. The van der Waals surface area contributed by atoms with E-state index in [1.165, 1.54) is 4.90 Å². The molecule has 45 heavy (non-hydrogen) atoms. The molecule has 0 unspecified atom stereocenters. The van der Waals surface area contributed by atoms with E-state index in [2.05, 4.69) is 5.32 Å². The van der Waals surface area contributed by atoms with Gasteiger partial charge in [-0.05, 0) is 69.5 Å². The van der Waals surface area contributed by atoms with Crippen LogP contribution in [0.3, 0.4) is 0 Å². The molecule has 236 valence electrons. The zero-order valence-electron chi connectivity index (χ0n) is 26.7. The lowest BCUT2D eigenvalue weighted by molar-refractivity contribution is -0.140. The van der Waals surface area contributed by atoms with Crippen LogP contribution < -0.4 is 9.62 Å². The fourth-order valence-electron chi connectivity index (χ4n) is 4.96. The van der Waals surface area contributed by atoms with E-state index in [1.807, 2.05) is 101 Å². The van der Waals surface area contributed by atoms with Gasteiger partial charge in [0, 0.05) is 19.0 Å². The SMILES string of the molecule is CC[C@H](C)NC(=O)[C@H](Cc1ccccc1)N(Cc1ccc(C)cc1)C(=O)CN(c1ccc(C)cc1)S(=O)(=O)c1ccc(C)cc1. The summed E-state index contributed by atoms with van der Waals surface area (Å²) in [5, 5.41) is 3.07. The maximum Gasteiger partial charge on any atom is 0.264 e. The Morgan fingerprint density at radius 3 is 1.82 bits per heavy atom. The van der Waals surface area contributed by atoms with Crippen molar-refractivity contribution < 1.29 is 18.0 Å². The van der Waals surface area contributed by atoms with Gasteiger partial charge in [-0.1, -0.05) is 102 Å². The lowest BCUT2D eigenvalue weighted by atomic mass is 10.0. The van der Waals surface area contributed by atoms with Crippen LogP contribution in [0.2, 0.25) is 0 Å². The Hall–Kier alpha value is -4.43. The van der Waals surface area contributed by atoms with Gasteiger partial charge in [0.25, 0.3) is 10.0 Å². The van der Waals surface area contributed by atoms with Gasteiger partial charge >= 0.3 is 0 Å². The number of amides is 2. The molecule has 2 atom stereocenters. The zero-order chi connectivity index (χ0) is 32.6. The summed E-state index contributed by atoms with van der Waals surface area (Å²) >= 11 is 0. The first-order valence-corrected chi connectivity index (χ1v) is 16.8. The predicted octanol–water partition coefficient (Wildman–Crippen LogP) is 6.36. The number of carbonyl (C=O) groups excluding carboxylic acids is 2. The van der Waals surface area contributed by atoms with Gasteiger partial charge in [0.15, 0.2) is 0 Å². The van der Waals surface area contributed by atoms with E-state index >= 15 is 0 Å². The number of nitrogens with zero attached hydrogens (tertiary/aromatic N) is 2. The van der Waals surface area contributed by atoms with Crippen LogP contribution in [0.25, 0.3) is 0 Å². The summed E-state index contributed by atoms with van der Waals surface area (Å²) in [6.07, 6.45) is 1.00. The zero-order valence-corrected chi connectivity index (χ0v) is 27.6. The van der Waals surface area contributed by atoms with Crippen molar-refractivity contribution in [3.63, 3.8) is 0 Å². The van der Waals surface area contributed by atoms with Gasteiger partial charge in [-0.3, -0.25) is 13.9 Å². The number of rotatable bonds is 13. The molecule has 0 aliphatic heterocycles. The van der Waals surface area contributed by atoms with Crippen molar-refractivity contribution in [1.82, 2.24) is 10.2 Å². The summed E-state index contributed by atoms with van der Waals surface area (Å²) in [4.78, 5) is 30.1. The highest BCUT2D eigenvalue weighted by molar-refractivity contribution is 7.92. The number of carbonyl (C=O) groups is 2. The topological polar surface area (TPSA) is 86.8 Å². The molecule has 0 bridgehead atoms. The molecule has 4 aromatic carbocycles. The Bertz CT molecular complexity index is 1670. The van der Waals surface area contributed by atoms with Gasteiger partial charge in [0.1, 0.15) is 12.6 Å². The van der Waals surface area contributed by atoms with Crippen molar-refractivity contribution in [2.24, 2.45) is 0 Å². The minimum Gasteiger partial charge on any atom is -0.352 e. The molecule has 0 fully saturated rings. The van der Waals surface area contributed by atoms with Crippen LogP contribution in [0.1, 0.15) is 48.1 Å². The molecule has 8 heteroatoms. The van der Waals surface area contributed by atoms with Crippen LogP contribution in [0.4, 0.5) is 5.69 Å². The average molecular weight is 626 g/mol. The Morgan fingerprint density at radius 2 is 1.27 bits per heavy atom. The van der Waals surface area contributed by atoms with E-state index < -0.39 is 28.5 Å². The first kappa shape index (κ1) is 33.5. The molecule has 4 rings (SSSR count). The van der Waals surface area contributed by atoms with Gasteiger partial charge in [-0.25, -0.2) is 8.42 Å². The lowest BCUT2D eigenvalue weighted by Gasteiger charge is -2.34. The third-order valence-electron chi connectivity index (χ3n) is 7.96. The monoisotopic (exact) mass is 625 g/mol. The van der Waals surface area contributed by atoms with E-state index in [0.29, 0.717) is 5.69 Å². The Balaban J connectivity index is 1.80. The van der Waals surface area contributed by atoms with E-state index in [-0.39, 0.29) is 29.8 Å². The summed E-state index contributed by atoms with van der Waals surface area (Å²) in [6, 6.07) is 30.0. The van der Waals surface area contributed by atoms with Crippen molar-refractivity contribution >= 4 is 27.5 Å². The summed E-state index contributed by atoms with van der Waals surface area (Å²) < 4.78 is 29.4. The highest BCUT2D eigenvalue weighted by Gasteiger charge is 2.35. The molecule has 0 aliphatic carbocycles. The van der Waals surface area contributed by atoms with Crippen molar-refractivity contribution in [2.45, 2.75) is 71.0 Å². The molecule has 0 saturated heterocycles. The minimum absolute atomic E-state index is 0.0851. The third-order valence-corrected chi connectivity index (χ3v) is 9.74. The van der Waals surface area contributed by atoms with Crippen LogP contribution in [0.15, 0.2) is 108 Å². The molecule has 0 spiro atoms. The van der Waals surface area contributed by atoms with Crippen molar-refractivity contribution in [3.05, 3.63) is 131 Å². The molecule has 7 nitrogen and oxygen atoms in total. The highest BCUT2D eigenvalue weighted by Crippen LogP contribution is 2.26. The maximum absolute atomic E-state index is 14.5. The summed E-state index contributed by atoms with van der Waals surface area (Å²) in [7, 11) is -4.13. The molecule has 0 radical (unpaired) electrons. The molecular weight excluding hydrogens is 582 g/mol. The van der Waals surface area contributed by atoms with Gasteiger partial charge in [0.05, 0.1) is 10.6 Å². The summed E-state index contributed by atoms with van der Waals surface area (Å²) in [5.74, 6) is -0.760. The Morgan fingerprint density at radius 1 is 0.733 bits per heavy atom. The molecule has 0 saturated carbocycles. The maximum atomic E-state index is 14.5. The van der Waals surface area contributed by atoms with Crippen molar-refractivity contribution in [1.29, 1.82) is 0 Å². The first-order chi connectivity index (χ1) is 21.5. The van der Waals surface area contributed by atoms with Crippen molar-refractivity contribution in [2.75, 3.05) is 10.8 Å². The van der Waals surface area contributed by atoms with E-state index in [1.54, 1.807) is 36.4 Å². The standard InChI is InChI=1S/C37H43N3O4S/c1-6-30(5)38-37(42)35(24-31-10-8-7-9-11-31)39(25-32-18-12-27(2)13-19-32)36(41)26-40(33-20-14-28(3)15-21-33)45(43,44)34-22-16-29(4)17-23-34/h7-23,30,35H,6,24-26H2,1-5H3,(H,38,42)/t30-,35-/m0/s1. The van der Waals surface area contributed by atoms with Gasteiger partial charge < -0.3 is 10.2 Å². The normalized spacial score (nSPS) is 12.6. The number of benzene rings is 4. The smallest absolute Gasteiger partial charge is 0.264 e. The second-order valence-electron chi connectivity index (χ2n) is 11.7. The van der Waals surface area contributed by atoms with Gasteiger partial charge in [-0.15, -0.1) is 0 Å². The Labute approximate surface area is 268 Å². The van der Waals surface area contributed by atoms with Crippen LogP contribution in [0, 0.1) is 20.8 Å². The van der Waals surface area contributed by atoms with Crippen LogP contribution in [0.5, 0.6) is 0 Å². The van der Waals surface area contributed by atoms with Gasteiger partial charge in [-0.2, -0.15) is 0 Å². The van der Waals surface area contributed by atoms with E-state index in [9.17, 15) is 18.0 Å². The largest absolute Gasteiger partial charge is 0.352 e. The Kier molecular flexibility index (Phi) is 11.2. The molecule has 4 aromatic rings. The molecule has 0 aromatic heterocycles. The van der Waals surface area contributed by atoms with Crippen LogP contribution >= 0.6 is 0 Å². The number of aryl methyl sites for hydroxylation is 3. The summed E-state index contributed by atoms with van der Waals surface area (Å²) in [5.41, 5.74) is 5.06. The fourth-order valence-corrected chi connectivity index (χ4v) is 6.38. The number of hydrogen-bond acceptors (Lipinski definition) is 4. The number of anilines is 1. The van der Waals surface area contributed by atoms with Crippen LogP contribution in [-0.2, 0) is 32.6 Å². The first-order valence-electron chi connectivity index (χ1n) is 15.3. The summed E-state index contributed by atoms with van der Waals surface area (Å²) in [6.45, 7) is 9.36. The molecule has 0 aliphatic rings. The lowest BCUT2D eigenvalue weighted by Crippen LogP contribution is -2.54. The van der Waals surface area contributed by atoms with E-state index in [0.717, 1.165) is 38.5 Å². The molecule has 0 heterocycles. The molecular formula is C37H43N3O4S. The van der Waals surface area contributed by atoms with E-state index in [4.69, 9.17) is 0 Å². The predicted molar refractivity (Wildman–Crippen MR) is 180 cm³/mol. The fraction of sp³-hybridized carbons (Fsp3) is 0.297. The second kappa shape index (κ2) is 15.0. The van der Waals surface area contributed by atoms with Crippen molar-refractivity contribution in [3.8, 4) is 0 Å². The van der Waals surface area contributed by atoms with Gasteiger partial charge in [0.2, 0.25) is 11.8 Å². The number of sulfonamides is 1. The quantitative estimate of drug-likeness (QED) is 0.187. The third kappa shape index (κ3) is 8.82. The number of hydrogen-bond donors (Lipinski definition) is 1. The highest BCUT2D eigenvalue weighted by atomic mass is 32.2. The number of nitrogens with one attached hydrogen (secondary N) is 1.